The number of carboxylic acid groups (broad SMARTS) is 1. The van der Waals surface area contributed by atoms with E-state index >= 15 is 0 Å². The largest absolute Gasteiger partial charge is 0.481 e. The highest BCUT2D eigenvalue weighted by Crippen LogP contribution is 2.32. The molecule has 17 heavy (non-hydrogen) atoms. The number of carbonyl (C=O) groups is 1. The fourth-order valence-electron chi connectivity index (χ4n) is 1.83. The van der Waals surface area contributed by atoms with Gasteiger partial charge in [-0.05, 0) is 37.0 Å². The summed E-state index contributed by atoms with van der Waals surface area (Å²) in [6.07, 6.45) is 2.44. The van der Waals surface area contributed by atoms with E-state index in [1.807, 2.05) is 18.2 Å². The molecule has 1 aromatic rings. The Hall–Kier alpha value is -1.71. The highest BCUT2D eigenvalue weighted by molar-refractivity contribution is 5.69. The van der Waals surface area contributed by atoms with Gasteiger partial charge >= 0.3 is 5.97 Å². The normalized spacial score (nSPS) is 14.6. The topological polar surface area (TPSA) is 55.8 Å². The van der Waals surface area contributed by atoms with Crippen LogP contribution in [0.25, 0.3) is 0 Å². The summed E-state index contributed by atoms with van der Waals surface area (Å²) in [5.74, 6) is 0.570. The van der Waals surface area contributed by atoms with Gasteiger partial charge in [0.15, 0.2) is 11.5 Å². The van der Waals surface area contributed by atoms with Gasteiger partial charge in [-0.2, -0.15) is 0 Å². The number of carboxylic acids is 1. The summed E-state index contributed by atoms with van der Waals surface area (Å²) in [5, 5.41) is 8.77. The lowest BCUT2D eigenvalue weighted by molar-refractivity contribution is -0.141. The number of hydrogen-bond acceptors (Lipinski definition) is 3. The van der Waals surface area contributed by atoms with Crippen LogP contribution >= 0.6 is 0 Å². The van der Waals surface area contributed by atoms with Crippen LogP contribution in [0.4, 0.5) is 0 Å². The van der Waals surface area contributed by atoms with Gasteiger partial charge in [0.2, 0.25) is 6.79 Å². The van der Waals surface area contributed by atoms with E-state index < -0.39 is 5.97 Å². The molecule has 0 spiro atoms. The van der Waals surface area contributed by atoms with Crippen molar-refractivity contribution in [2.75, 3.05) is 6.79 Å². The van der Waals surface area contributed by atoms with Gasteiger partial charge < -0.3 is 14.6 Å². The van der Waals surface area contributed by atoms with Crippen molar-refractivity contribution in [3.63, 3.8) is 0 Å². The van der Waals surface area contributed by atoms with Crippen LogP contribution in [-0.4, -0.2) is 17.9 Å². The summed E-state index contributed by atoms with van der Waals surface area (Å²) < 4.78 is 10.5. The molecule has 1 N–H and O–H groups in total. The smallest absolute Gasteiger partial charge is 0.306 e. The van der Waals surface area contributed by atoms with Gasteiger partial charge in [0.25, 0.3) is 0 Å². The Labute approximate surface area is 100 Å². The maximum Gasteiger partial charge on any atom is 0.306 e. The van der Waals surface area contributed by atoms with E-state index in [-0.39, 0.29) is 12.7 Å². The molecule has 4 heteroatoms. The minimum atomic E-state index is -0.726. The molecule has 1 aliphatic rings. The lowest BCUT2D eigenvalue weighted by Gasteiger charge is -2.06. The monoisotopic (exact) mass is 236 g/mol. The fraction of sp³-hybridized carbons (Fsp3) is 0.462. The summed E-state index contributed by atoms with van der Waals surface area (Å²) in [7, 11) is 0. The third-order valence-corrected chi connectivity index (χ3v) is 2.96. The molecule has 0 saturated carbocycles. The molecule has 0 bridgehead atoms. The zero-order valence-electron chi connectivity index (χ0n) is 9.81. The molecule has 0 unspecified atom stereocenters. The fourth-order valence-corrected chi connectivity index (χ4v) is 1.83. The van der Waals surface area contributed by atoms with Crippen molar-refractivity contribution in [1.29, 1.82) is 0 Å². The Kier molecular flexibility index (Phi) is 3.52. The molecule has 1 atom stereocenters. The molecule has 0 amide bonds. The number of benzene rings is 1. The molecule has 1 aromatic carbocycles. The second-order valence-corrected chi connectivity index (χ2v) is 4.32. The van der Waals surface area contributed by atoms with Crippen LogP contribution in [-0.2, 0) is 11.2 Å². The Morgan fingerprint density at radius 1 is 1.41 bits per heavy atom. The van der Waals surface area contributed by atoms with Crippen molar-refractivity contribution in [1.82, 2.24) is 0 Å². The molecule has 1 aliphatic heterocycles. The molecule has 1 heterocycles. The molecule has 4 nitrogen and oxygen atoms in total. The lowest BCUT2D eigenvalue weighted by atomic mass is 10.0. The Morgan fingerprint density at radius 2 is 2.18 bits per heavy atom. The number of aryl methyl sites for hydroxylation is 1. The van der Waals surface area contributed by atoms with Crippen LogP contribution in [0.15, 0.2) is 18.2 Å². The van der Waals surface area contributed by atoms with Crippen LogP contribution in [0, 0.1) is 5.92 Å². The predicted octanol–water partition coefficient (Wildman–Crippen LogP) is 2.46. The van der Waals surface area contributed by atoms with Crippen molar-refractivity contribution >= 4 is 5.97 Å². The van der Waals surface area contributed by atoms with E-state index in [0.29, 0.717) is 6.42 Å². The molecular weight excluding hydrogens is 220 g/mol. The number of fused-ring (bicyclic) bond motifs is 1. The van der Waals surface area contributed by atoms with Gasteiger partial charge in [-0.25, -0.2) is 0 Å². The molecule has 0 aliphatic carbocycles. The highest BCUT2D eigenvalue weighted by Gasteiger charge is 2.14. The first kappa shape index (κ1) is 11.8. The third-order valence-electron chi connectivity index (χ3n) is 2.96. The van der Waals surface area contributed by atoms with Gasteiger partial charge in [0.1, 0.15) is 0 Å². The van der Waals surface area contributed by atoms with Gasteiger partial charge in [-0.1, -0.05) is 13.0 Å². The predicted molar refractivity (Wildman–Crippen MR) is 62.3 cm³/mol. The first-order valence-corrected chi connectivity index (χ1v) is 5.78. The number of hydrogen-bond donors (Lipinski definition) is 1. The molecule has 2 rings (SSSR count). The van der Waals surface area contributed by atoms with Gasteiger partial charge in [-0.3, -0.25) is 4.79 Å². The first-order valence-electron chi connectivity index (χ1n) is 5.78. The number of rotatable bonds is 5. The van der Waals surface area contributed by atoms with E-state index in [9.17, 15) is 4.79 Å². The number of ether oxygens (including phenoxy) is 2. The zero-order valence-corrected chi connectivity index (χ0v) is 9.81. The van der Waals surface area contributed by atoms with Gasteiger partial charge in [-0.15, -0.1) is 0 Å². The summed E-state index contributed by atoms with van der Waals surface area (Å²) in [6.45, 7) is 2.02. The van der Waals surface area contributed by atoms with Crippen LogP contribution in [0.5, 0.6) is 11.5 Å². The highest BCUT2D eigenvalue weighted by atomic mass is 16.7. The molecule has 0 saturated heterocycles. The summed E-state index contributed by atoms with van der Waals surface area (Å²) in [4.78, 5) is 10.7. The molecular formula is C13H16O4. The Balaban J connectivity index is 1.85. The van der Waals surface area contributed by atoms with Crippen LogP contribution < -0.4 is 9.47 Å². The molecule has 0 fully saturated rings. The minimum Gasteiger partial charge on any atom is -0.481 e. The zero-order chi connectivity index (χ0) is 12.3. The maximum absolute atomic E-state index is 10.7. The van der Waals surface area contributed by atoms with E-state index in [1.165, 1.54) is 0 Å². The van der Waals surface area contributed by atoms with Gasteiger partial charge in [0.05, 0.1) is 5.92 Å². The van der Waals surface area contributed by atoms with E-state index in [1.54, 1.807) is 6.92 Å². The van der Waals surface area contributed by atoms with Crippen molar-refractivity contribution in [2.24, 2.45) is 5.92 Å². The number of aliphatic carboxylic acids is 1. The maximum atomic E-state index is 10.7. The van der Waals surface area contributed by atoms with E-state index in [0.717, 1.165) is 29.9 Å². The SMILES string of the molecule is C[C@@H](CCCc1ccc2c(c1)OCO2)C(=O)O. The standard InChI is InChI=1S/C13H16O4/c1-9(13(14)15)3-2-4-10-5-6-11-12(7-10)17-8-16-11/h5-7,9H,2-4,8H2,1H3,(H,14,15)/t9-/m0/s1. The minimum absolute atomic E-state index is 0.274. The summed E-state index contributed by atoms with van der Waals surface area (Å²) in [5.41, 5.74) is 1.16. The van der Waals surface area contributed by atoms with E-state index in [4.69, 9.17) is 14.6 Å². The van der Waals surface area contributed by atoms with Crippen LogP contribution in [0.2, 0.25) is 0 Å². The quantitative estimate of drug-likeness (QED) is 0.853. The van der Waals surface area contributed by atoms with E-state index in [2.05, 4.69) is 0 Å². The average Bonchev–Trinajstić information content (AvgIpc) is 2.75. The van der Waals surface area contributed by atoms with Crippen molar-refractivity contribution in [3.05, 3.63) is 23.8 Å². The van der Waals surface area contributed by atoms with Crippen molar-refractivity contribution in [2.45, 2.75) is 26.2 Å². The molecule has 0 aromatic heterocycles. The molecule has 92 valence electrons. The van der Waals surface area contributed by atoms with Crippen LogP contribution in [0.3, 0.4) is 0 Å². The molecule has 0 radical (unpaired) electrons. The summed E-state index contributed by atoms with van der Waals surface area (Å²) >= 11 is 0. The van der Waals surface area contributed by atoms with Gasteiger partial charge in [0, 0.05) is 0 Å². The average molecular weight is 236 g/mol. The van der Waals surface area contributed by atoms with Crippen molar-refractivity contribution < 1.29 is 19.4 Å². The summed E-state index contributed by atoms with van der Waals surface area (Å²) in [6, 6.07) is 5.87. The second-order valence-electron chi connectivity index (χ2n) is 4.32. The lowest BCUT2D eigenvalue weighted by Crippen LogP contribution is -2.09. The third kappa shape index (κ3) is 2.90. The van der Waals surface area contributed by atoms with Crippen molar-refractivity contribution in [3.8, 4) is 11.5 Å². The Bertz CT molecular complexity index is 414. The van der Waals surface area contributed by atoms with Crippen LogP contribution in [0.1, 0.15) is 25.3 Å². The second kappa shape index (κ2) is 5.08. The Morgan fingerprint density at radius 3 is 2.94 bits per heavy atom. The first-order chi connectivity index (χ1) is 8.16.